The quantitative estimate of drug-likeness (QED) is 0.739. The van der Waals surface area contributed by atoms with E-state index < -0.39 is 0 Å². The van der Waals surface area contributed by atoms with Crippen molar-refractivity contribution >= 4 is 23.1 Å². The van der Waals surface area contributed by atoms with Crippen molar-refractivity contribution in [3.8, 4) is 5.75 Å². The number of carbonyl (C=O) groups excluding carboxylic acids is 1. The van der Waals surface area contributed by atoms with Gasteiger partial charge in [-0.2, -0.15) is 5.10 Å². The summed E-state index contributed by atoms with van der Waals surface area (Å²) in [5.74, 6) is 1.57. The first kappa shape index (κ1) is 16.8. The van der Waals surface area contributed by atoms with Crippen LogP contribution >= 0.6 is 0 Å². The third kappa shape index (κ3) is 3.71. The van der Waals surface area contributed by atoms with E-state index in [1.807, 2.05) is 51.2 Å². The average Bonchev–Trinajstić information content (AvgIpc) is 3.02. The number of nitrogens with zero attached hydrogens (tertiary/aromatic N) is 3. The highest BCUT2D eigenvalue weighted by Gasteiger charge is 2.13. The Morgan fingerprint density at radius 1 is 1.16 bits per heavy atom. The van der Waals surface area contributed by atoms with E-state index in [0.717, 1.165) is 5.82 Å². The average molecular weight is 339 g/mol. The van der Waals surface area contributed by atoms with Crippen LogP contribution in [-0.4, -0.2) is 27.2 Å². The highest BCUT2D eigenvalue weighted by atomic mass is 16.5. The van der Waals surface area contributed by atoms with Crippen LogP contribution in [0.1, 0.15) is 32.5 Å². The van der Waals surface area contributed by atoms with Crippen LogP contribution in [0.25, 0.3) is 5.65 Å². The summed E-state index contributed by atoms with van der Waals surface area (Å²) in [4.78, 5) is 16.9. The SMILES string of the molecule is CCOc1ccccc1NC(=O)Nc1cccn2nc(C(C)C)nc12. The number of pyridine rings is 1. The van der Waals surface area contributed by atoms with E-state index in [4.69, 9.17) is 4.74 Å². The molecule has 0 bridgehead atoms. The van der Waals surface area contributed by atoms with Gasteiger partial charge in [0.15, 0.2) is 11.5 Å². The lowest BCUT2D eigenvalue weighted by Gasteiger charge is -2.12. The number of anilines is 2. The molecule has 0 fully saturated rings. The van der Waals surface area contributed by atoms with Gasteiger partial charge in [-0.15, -0.1) is 0 Å². The smallest absolute Gasteiger partial charge is 0.323 e. The maximum absolute atomic E-state index is 12.4. The zero-order chi connectivity index (χ0) is 17.8. The molecule has 0 aliphatic heterocycles. The van der Waals surface area contributed by atoms with Crippen molar-refractivity contribution < 1.29 is 9.53 Å². The number of rotatable bonds is 5. The molecule has 0 spiro atoms. The maximum Gasteiger partial charge on any atom is 0.323 e. The molecule has 0 saturated carbocycles. The van der Waals surface area contributed by atoms with Crippen molar-refractivity contribution in [3.63, 3.8) is 0 Å². The summed E-state index contributed by atoms with van der Waals surface area (Å²) in [5, 5.41) is 10.0. The molecule has 0 atom stereocenters. The molecular formula is C18H21N5O2. The van der Waals surface area contributed by atoms with Gasteiger partial charge in [-0.25, -0.2) is 14.3 Å². The van der Waals surface area contributed by atoms with Crippen LogP contribution in [-0.2, 0) is 0 Å². The van der Waals surface area contributed by atoms with Crippen LogP contribution in [0.15, 0.2) is 42.6 Å². The molecule has 7 heteroatoms. The predicted molar refractivity (Wildman–Crippen MR) is 97.3 cm³/mol. The number of nitrogens with one attached hydrogen (secondary N) is 2. The summed E-state index contributed by atoms with van der Waals surface area (Å²) in [7, 11) is 0. The Bertz CT molecular complexity index is 888. The maximum atomic E-state index is 12.4. The van der Waals surface area contributed by atoms with Gasteiger partial charge in [0.25, 0.3) is 0 Å². The molecule has 130 valence electrons. The number of amides is 2. The minimum Gasteiger partial charge on any atom is -0.492 e. The number of benzene rings is 1. The second kappa shape index (κ2) is 7.21. The third-order valence-electron chi connectivity index (χ3n) is 3.58. The lowest BCUT2D eigenvalue weighted by molar-refractivity contribution is 0.262. The van der Waals surface area contributed by atoms with Crippen LogP contribution in [0.5, 0.6) is 5.75 Å². The fourth-order valence-corrected chi connectivity index (χ4v) is 2.39. The second-order valence-electron chi connectivity index (χ2n) is 5.82. The summed E-state index contributed by atoms with van der Waals surface area (Å²) in [5.41, 5.74) is 1.81. The van der Waals surface area contributed by atoms with E-state index >= 15 is 0 Å². The van der Waals surface area contributed by atoms with Gasteiger partial charge in [-0.3, -0.25) is 0 Å². The monoisotopic (exact) mass is 339 g/mol. The number of fused-ring (bicyclic) bond motifs is 1. The number of hydrogen-bond donors (Lipinski definition) is 2. The van der Waals surface area contributed by atoms with Gasteiger partial charge in [-0.05, 0) is 31.2 Å². The molecule has 2 aromatic heterocycles. The standard InChI is InChI=1S/C18H21N5O2/c1-4-25-15-10-6-5-8-13(15)19-18(24)20-14-9-7-11-23-17(14)21-16(22-23)12(2)3/h5-12H,4H2,1-3H3,(H2,19,20,24). The fourth-order valence-electron chi connectivity index (χ4n) is 2.39. The highest BCUT2D eigenvalue weighted by molar-refractivity contribution is 6.02. The number of aromatic nitrogens is 3. The minimum absolute atomic E-state index is 0.208. The summed E-state index contributed by atoms with van der Waals surface area (Å²) in [6.45, 7) is 6.48. The van der Waals surface area contributed by atoms with Crippen LogP contribution in [0.3, 0.4) is 0 Å². The number of ether oxygens (including phenoxy) is 1. The van der Waals surface area contributed by atoms with Gasteiger partial charge < -0.3 is 15.4 Å². The van der Waals surface area contributed by atoms with Crippen molar-refractivity contribution in [1.29, 1.82) is 0 Å². The van der Waals surface area contributed by atoms with Gasteiger partial charge in [0.05, 0.1) is 18.0 Å². The Balaban J connectivity index is 1.81. The largest absolute Gasteiger partial charge is 0.492 e. The van der Waals surface area contributed by atoms with Gasteiger partial charge in [0.2, 0.25) is 0 Å². The van der Waals surface area contributed by atoms with Crippen molar-refractivity contribution in [2.24, 2.45) is 0 Å². The number of para-hydroxylation sites is 2. The normalized spacial score (nSPS) is 10.9. The fraction of sp³-hybridized carbons (Fsp3) is 0.278. The lowest BCUT2D eigenvalue weighted by Crippen LogP contribution is -2.20. The zero-order valence-corrected chi connectivity index (χ0v) is 14.5. The van der Waals surface area contributed by atoms with Crippen LogP contribution < -0.4 is 15.4 Å². The van der Waals surface area contributed by atoms with Gasteiger partial charge >= 0.3 is 6.03 Å². The predicted octanol–water partition coefficient (Wildman–Crippen LogP) is 3.90. The van der Waals surface area contributed by atoms with Crippen molar-refractivity contribution in [2.75, 3.05) is 17.2 Å². The van der Waals surface area contributed by atoms with Gasteiger partial charge in [0, 0.05) is 12.1 Å². The molecule has 0 unspecified atom stereocenters. The van der Waals surface area contributed by atoms with Crippen molar-refractivity contribution in [2.45, 2.75) is 26.7 Å². The van der Waals surface area contributed by atoms with E-state index in [1.165, 1.54) is 0 Å². The molecule has 0 aliphatic carbocycles. The van der Waals surface area contributed by atoms with E-state index in [0.29, 0.717) is 29.4 Å². The molecule has 3 aromatic rings. The molecule has 0 saturated heterocycles. The summed E-state index contributed by atoms with van der Waals surface area (Å²) in [6, 6.07) is 10.5. The third-order valence-corrected chi connectivity index (χ3v) is 3.58. The Morgan fingerprint density at radius 3 is 2.64 bits per heavy atom. The first-order valence-electron chi connectivity index (χ1n) is 8.23. The molecule has 3 rings (SSSR count). The molecule has 2 amide bonds. The molecule has 1 aromatic carbocycles. The van der Waals surface area contributed by atoms with E-state index in [2.05, 4.69) is 20.7 Å². The Labute approximate surface area is 146 Å². The van der Waals surface area contributed by atoms with E-state index in [-0.39, 0.29) is 11.9 Å². The molecule has 2 heterocycles. The highest BCUT2D eigenvalue weighted by Crippen LogP contribution is 2.24. The lowest BCUT2D eigenvalue weighted by atomic mass is 10.2. The summed E-state index contributed by atoms with van der Waals surface area (Å²) < 4.78 is 7.18. The van der Waals surface area contributed by atoms with Crippen LogP contribution in [0, 0.1) is 0 Å². The number of hydrogen-bond acceptors (Lipinski definition) is 4. The zero-order valence-electron chi connectivity index (χ0n) is 14.5. The van der Waals surface area contributed by atoms with Gasteiger partial charge in [0.1, 0.15) is 5.75 Å². The summed E-state index contributed by atoms with van der Waals surface area (Å²) in [6.07, 6.45) is 1.81. The Morgan fingerprint density at radius 2 is 1.88 bits per heavy atom. The van der Waals surface area contributed by atoms with Crippen LogP contribution in [0.4, 0.5) is 16.2 Å². The van der Waals surface area contributed by atoms with Gasteiger partial charge in [-0.1, -0.05) is 26.0 Å². The second-order valence-corrected chi connectivity index (χ2v) is 5.82. The topological polar surface area (TPSA) is 80.5 Å². The number of urea groups is 1. The molecule has 0 aliphatic rings. The molecule has 2 N–H and O–H groups in total. The molecular weight excluding hydrogens is 318 g/mol. The summed E-state index contributed by atoms with van der Waals surface area (Å²) >= 11 is 0. The van der Waals surface area contributed by atoms with E-state index in [9.17, 15) is 4.79 Å². The molecule has 25 heavy (non-hydrogen) atoms. The number of carbonyl (C=O) groups is 1. The van der Waals surface area contributed by atoms with Crippen molar-refractivity contribution in [3.05, 3.63) is 48.4 Å². The minimum atomic E-state index is -0.366. The first-order chi connectivity index (χ1) is 12.1. The Kier molecular flexibility index (Phi) is 4.83. The van der Waals surface area contributed by atoms with Crippen molar-refractivity contribution in [1.82, 2.24) is 14.6 Å². The van der Waals surface area contributed by atoms with Crippen LogP contribution in [0.2, 0.25) is 0 Å². The Hall–Kier alpha value is -3.09. The molecule has 7 nitrogen and oxygen atoms in total. The molecule has 0 radical (unpaired) electrons. The van der Waals surface area contributed by atoms with E-state index in [1.54, 1.807) is 16.6 Å². The first-order valence-corrected chi connectivity index (χ1v) is 8.23.